The van der Waals surface area contributed by atoms with Crippen LogP contribution < -0.4 is 4.90 Å². The Labute approximate surface area is 182 Å². The topological polar surface area (TPSA) is 54.8 Å². The minimum Gasteiger partial charge on any atom is -0.392 e. The van der Waals surface area contributed by atoms with Crippen LogP contribution in [-0.4, -0.2) is 42.7 Å². The highest BCUT2D eigenvalue weighted by Crippen LogP contribution is 2.34. The third kappa shape index (κ3) is 7.05. The van der Waals surface area contributed by atoms with Crippen LogP contribution in [0.25, 0.3) is 0 Å². The Morgan fingerprint density at radius 1 is 1.16 bits per heavy atom. The van der Waals surface area contributed by atoms with Gasteiger partial charge in [-0.1, -0.05) is 12.8 Å². The van der Waals surface area contributed by atoms with E-state index in [2.05, 4.69) is 4.98 Å². The molecule has 5 nitrogen and oxygen atoms in total. The fourth-order valence-corrected chi connectivity index (χ4v) is 4.65. The number of anilines is 1. The van der Waals surface area contributed by atoms with Gasteiger partial charge in [0.1, 0.15) is 5.82 Å². The van der Waals surface area contributed by atoms with E-state index >= 15 is 0 Å². The van der Waals surface area contributed by atoms with Crippen molar-refractivity contribution in [2.24, 2.45) is 11.8 Å². The first-order valence-electron chi connectivity index (χ1n) is 11.6. The predicted octanol–water partition coefficient (Wildman–Crippen LogP) is 5.16. The average Bonchev–Trinajstić information content (AvgIpc) is 2.78. The molecule has 1 aliphatic heterocycles. The van der Waals surface area contributed by atoms with Crippen LogP contribution in [0.15, 0.2) is 12.3 Å². The van der Waals surface area contributed by atoms with E-state index in [1.807, 2.05) is 11.8 Å². The average molecular weight is 445 g/mol. The molecule has 176 valence electrons. The van der Waals surface area contributed by atoms with Gasteiger partial charge in [-0.25, -0.2) is 4.98 Å². The Hall–Kier alpha value is -1.38. The van der Waals surface area contributed by atoms with Crippen LogP contribution in [0.1, 0.15) is 69.4 Å². The molecule has 0 radical (unpaired) electrons. The monoisotopic (exact) mass is 444 g/mol. The number of rotatable bonds is 9. The van der Waals surface area contributed by atoms with Gasteiger partial charge in [0.15, 0.2) is 6.29 Å². The highest BCUT2D eigenvalue weighted by molar-refractivity contribution is 5.48. The molecule has 0 unspecified atom stereocenters. The Kier molecular flexibility index (Phi) is 8.98. The molecule has 2 aliphatic rings. The lowest BCUT2D eigenvalue weighted by atomic mass is 9.80. The molecule has 1 aliphatic carbocycles. The molecule has 1 N–H and O–H groups in total. The van der Waals surface area contributed by atoms with E-state index < -0.39 is 18.3 Å². The van der Waals surface area contributed by atoms with Crippen LogP contribution in [0.5, 0.6) is 0 Å². The summed E-state index contributed by atoms with van der Waals surface area (Å²) in [6.07, 6.45) is 5.20. The van der Waals surface area contributed by atoms with Crippen LogP contribution in [0, 0.1) is 11.8 Å². The maximum Gasteiger partial charge on any atom is 0.417 e. The SMILES string of the molecule is CCN(CC1CCC(CCO[C@H]2CCCCO2)CC1)c1ncc(C(F)(F)F)cc1CO. The fraction of sp³-hybridized carbons (Fsp3) is 0.783. The van der Waals surface area contributed by atoms with E-state index in [1.165, 1.54) is 6.42 Å². The van der Waals surface area contributed by atoms with E-state index in [0.29, 0.717) is 24.2 Å². The number of alkyl halides is 3. The number of pyridine rings is 1. The molecule has 2 heterocycles. The minimum absolute atomic E-state index is 0.0276. The number of nitrogens with zero attached hydrogens (tertiary/aromatic N) is 2. The molecule has 0 amide bonds. The lowest BCUT2D eigenvalue weighted by Crippen LogP contribution is -2.33. The molecule has 0 bridgehead atoms. The molecule has 3 rings (SSSR count). The standard InChI is InChI=1S/C23H35F3N2O3/c1-2-28(22-19(16-29)13-20(14-27-22)23(24,25)26)15-18-8-6-17(7-9-18)10-12-31-21-5-3-4-11-30-21/h13-14,17-18,21,29H,2-12,15-16H2,1H3/t17?,18?,21-/m0/s1. The molecule has 0 spiro atoms. The van der Waals surface area contributed by atoms with Gasteiger partial charge < -0.3 is 19.5 Å². The molecule has 8 heteroatoms. The Morgan fingerprint density at radius 3 is 2.52 bits per heavy atom. The second-order valence-electron chi connectivity index (χ2n) is 8.74. The van der Waals surface area contributed by atoms with E-state index in [-0.39, 0.29) is 11.9 Å². The highest BCUT2D eigenvalue weighted by atomic mass is 19.4. The van der Waals surface area contributed by atoms with Gasteiger partial charge >= 0.3 is 6.18 Å². The van der Waals surface area contributed by atoms with Crippen molar-refractivity contribution < 1.29 is 27.8 Å². The summed E-state index contributed by atoms with van der Waals surface area (Å²) in [4.78, 5) is 6.07. The van der Waals surface area contributed by atoms with Crippen molar-refractivity contribution in [3.63, 3.8) is 0 Å². The molecule has 1 aromatic heterocycles. The van der Waals surface area contributed by atoms with Gasteiger partial charge in [-0.05, 0) is 63.4 Å². The summed E-state index contributed by atoms with van der Waals surface area (Å²) in [5.74, 6) is 1.60. The summed E-state index contributed by atoms with van der Waals surface area (Å²) in [5, 5.41) is 9.62. The lowest BCUT2D eigenvalue weighted by Gasteiger charge is -2.34. The molecular weight excluding hydrogens is 409 g/mol. The Balaban J connectivity index is 1.47. The molecular formula is C23H35F3N2O3. The van der Waals surface area contributed by atoms with Crippen LogP contribution in [0.2, 0.25) is 0 Å². The molecule has 1 aromatic rings. The smallest absolute Gasteiger partial charge is 0.392 e. The van der Waals surface area contributed by atoms with Crippen molar-refractivity contribution in [1.29, 1.82) is 0 Å². The van der Waals surface area contributed by atoms with E-state index in [1.54, 1.807) is 0 Å². The van der Waals surface area contributed by atoms with E-state index in [4.69, 9.17) is 9.47 Å². The van der Waals surface area contributed by atoms with E-state index in [9.17, 15) is 18.3 Å². The number of hydrogen-bond donors (Lipinski definition) is 1. The van der Waals surface area contributed by atoms with Crippen LogP contribution in [0.3, 0.4) is 0 Å². The molecule has 1 saturated heterocycles. The number of ether oxygens (including phenoxy) is 2. The molecule has 31 heavy (non-hydrogen) atoms. The Morgan fingerprint density at radius 2 is 1.90 bits per heavy atom. The van der Waals surface area contributed by atoms with Gasteiger partial charge in [0.05, 0.1) is 12.2 Å². The van der Waals surface area contributed by atoms with Gasteiger partial charge in [-0.2, -0.15) is 13.2 Å². The van der Waals surface area contributed by atoms with Crippen molar-refractivity contribution >= 4 is 5.82 Å². The number of aliphatic hydroxyl groups is 1. The van der Waals surface area contributed by atoms with Crippen LogP contribution in [-0.2, 0) is 22.3 Å². The minimum atomic E-state index is -4.46. The summed E-state index contributed by atoms with van der Waals surface area (Å²) in [6, 6.07) is 1.01. The predicted molar refractivity (Wildman–Crippen MR) is 113 cm³/mol. The normalized spacial score (nSPS) is 24.9. The quantitative estimate of drug-likeness (QED) is 0.570. The zero-order valence-corrected chi connectivity index (χ0v) is 18.4. The fourth-order valence-electron chi connectivity index (χ4n) is 4.65. The zero-order valence-electron chi connectivity index (χ0n) is 18.4. The molecule has 1 saturated carbocycles. The molecule has 2 fully saturated rings. The van der Waals surface area contributed by atoms with Gasteiger partial charge in [0.2, 0.25) is 0 Å². The first-order chi connectivity index (χ1) is 14.9. The first kappa shape index (κ1) is 24.3. The molecule has 0 aromatic carbocycles. The third-order valence-corrected chi connectivity index (χ3v) is 6.53. The summed E-state index contributed by atoms with van der Waals surface area (Å²) in [7, 11) is 0. The summed E-state index contributed by atoms with van der Waals surface area (Å²) in [5.41, 5.74) is -0.592. The maximum absolute atomic E-state index is 13.0. The van der Waals surface area contributed by atoms with Gasteiger partial charge in [0, 0.05) is 38.1 Å². The van der Waals surface area contributed by atoms with Crippen molar-refractivity contribution in [3.05, 3.63) is 23.4 Å². The van der Waals surface area contributed by atoms with Gasteiger partial charge in [-0.15, -0.1) is 0 Å². The largest absolute Gasteiger partial charge is 0.417 e. The van der Waals surface area contributed by atoms with Crippen molar-refractivity contribution in [3.8, 4) is 0 Å². The lowest BCUT2D eigenvalue weighted by molar-refractivity contribution is -0.164. The van der Waals surface area contributed by atoms with Gasteiger partial charge in [0.25, 0.3) is 0 Å². The number of halogens is 3. The summed E-state index contributed by atoms with van der Waals surface area (Å²) < 4.78 is 50.4. The second kappa shape index (κ2) is 11.5. The van der Waals surface area contributed by atoms with Crippen molar-refractivity contribution in [1.82, 2.24) is 4.98 Å². The Bertz CT molecular complexity index is 673. The van der Waals surface area contributed by atoms with Crippen molar-refractivity contribution in [2.45, 2.75) is 77.4 Å². The number of aromatic nitrogens is 1. The first-order valence-corrected chi connectivity index (χ1v) is 11.6. The van der Waals surface area contributed by atoms with Gasteiger partial charge in [-0.3, -0.25) is 0 Å². The maximum atomic E-state index is 13.0. The molecule has 1 atom stereocenters. The van der Waals surface area contributed by atoms with Crippen LogP contribution in [0.4, 0.5) is 19.0 Å². The number of aliphatic hydroxyl groups excluding tert-OH is 1. The second-order valence-corrected chi connectivity index (χ2v) is 8.74. The highest BCUT2D eigenvalue weighted by Gasteiger charge is 2.32. The number of hydrogen-bond acceptors (Lipinski definition) is 5. The van der Waals surface area contributed by atoms with E-state index in [0.717, 1.165) is 77.0 Å². The van der Waals surface area contributed by atoms with Crippen molar-refractivity contribution in [2.75, 3.05) is 31.2 Å². The van der Waals surface area contributed by atoms with Crippen LogP contribution >= 0.6 is 0 Å². The summed E-state index contributed by atoms with van der Waals surface area (Å²) >= 11 is 0. The zero-order chi connectivity index (χ0) is 22.3. The summed E-state index contributed by atoms with van der Waals surface area (Å²) in [6.45, 7) is 4.45. The third-order valence-electron chi connectivity index (χ3n) is 6.53.